The van der Waals surface area contributed by atoms with Crippen LogP contribution in [0.5, 0.6) is 0 Å². The van der Waals surface area contributed by atoms with Crippen LogP contribution in [0.1, 0.15) is 42.8 Å². The zero-order valence-electron chi connectivity index (χ0n) is 13.8. The first kappa shape index (κ1) is 17.2. The molecule has 0 saturated heterocycles. The summed E-state index contributed by atoms with van der Waals surface area (Å²) in [4.78, 5) is 12.4. The second-order valence-corrected chi connectivity index (χ2v) is 6.20. The highest BCUT2D eigenvalue weighted by atomic mass is 16.5. The van der Waals surface area contributed by atoms with Crippen molar-refractivity contribution in [3.8, 4) is 0 Å². The Bertz CT molecular complexity index is 607. The summed E-state index contributed by atoms with van der Waals surface area (Å²) in [6.07, 6.45) is -1.04. The molecule has 0 aliphatic carbocycles. The Kier molecular flexibility index (Phi) is 5.94. The molecular weight excluding hydrogens is 288 g/mol. The van der Waals surface area contributed by atoms with Crippen LogP contribution < -0.4 is 0 Å². The number of rotatable bonds is 6. The van der Waals surface area contributed by atoms with Gasteiger partial charge < -0.3 is 9.84 Å². The van der Waals surface area contributed by atoms with E-state index in [1.807, 2.05) is 57.2 Å². The molecule has 2 aromatic rings. The summed E-state index contributed by atoms with van der Waals surface area (Å²) in [5.41, 5.74) is 1.41. The largest absolute Gasteiger partial charge is 0.454 e. The van der Waals surface area contributed by atoms with Gasteiger partial charge in [-0.25, -0.2) is 4.79 Å². The van der Waals surface area contributed by atoms with Gasteiger partial charge in [-0.3, -0.25) is 0 Å². The van der Waals surface area contributed by atoms with Crippen molar-refractivity contribution in [1.29, 1.82) is 0 Å². The molecule has 0 spiro atoms. The van der Waals surface area contributed by atoms with Gasteiger partial charge in [-0.15, -0.1) is 0 Å². The van der Waals surface area contributed by atoms with Gasteiger partial charge in [0.15, 0.2) is 0 Å². The molecule has 3 atom stereocenters. The molecular formula is C20H24O3. The lowest BCUT2D eigenvalue weighted by molar-refractivity contribution is -0.0273. The Hall–Kier alpha value is -2.13. The average Bonchev–Trinajstić information content (AvgIpc) is 2.59. The maximum Gasteiger partial charge on any atom is 0.338 e. The van der Waals surface area contributed by atoms with E-state index in [1.165, 1.54) is 0 Å². The van der Waals surface area contributed by atoms with E-state index >= 15 is 0 Å². The van der Waals surface area contributed by atoms with Gasteiger partial charge in [-0.2, -0.15) is 0 Å². The first-order valence-electron chi connectivity index (χ1n) is 7.99. The third-order valence-electron chi connectivity index (χ3n) is 4.07. The highest BCUT2D eigenvalue weighted by Gasteiger charge is 2.30. The van der Waals surface area contributed by atoms with Crippen LogP contribution >= 0.6 is 0 Å². The first-order chi connectivity index (χ1) is 11.0. The van der Waals surface area contributed by atoms with Crippen molar-refractivity contribution in [2.75, 3.05) is 0 Å². The van der Waals surface area contributed by atoms with Crippen LogP contribution in [0.25, 0.3) is 0 Å². The normalized spacial score (nSPS) is 15.0. The van der Waals surface area contributed by atoms with Gasteiger partial charge in [0.2, 0.25) is 0 Å². The number of aliphatic hydroxyl groups is 1. The molecule has 122 valence electrons. The molecule has 3 heteroatoms. The fourth-order valence-electron chi connectivity index (χ4n) is 2.67. The van der Waals surface area contributed by atoms with Gasteiger partial charge in [0, 0.05) is 5.92 Å². The molecule has 0 bridgehead atoms. The molecule has 3 nitrogen and oxygen atoms in total. The van der Waals surface area contributed by atoms with E-state index in [0.29, 0.717) is 5.56 Å². The van der Waals surface area contributed by atoms with Gasteiger partial charge >= 0.3 is 5.97 Å². The van der Waals surface area contributed by atoms with Gasteiger partial charge in [0.1, 0.15) is 6.10 Å². The zero-order valence-corrected chi connectivity index (χ0v) is 13.8. The van der Waals surface area contributed by atoms with Gasteiger partial charge in [0.05, 0.1) is 11.7 Å². The van der Waals surface area contributed by atoms with Crippen molar-refractivity contribution in [3.63, 3.8) is 0 Å². The number of hydrogen-bond donors (Lipinski definition) is 1. The summed E-state index contributed by atoms with van der Waals surface area (Å²) in [5, 5.41) is 10.4. The number of aliphatic hydroxyl groups excluding tert-OH is 1. The summed E-state index contributed by atoms with van der Waals surface area (Å²) < 4.78 is 5.76. The lowest BCUT2D eigenvalue weighted by Gasteiger charge is -2.30. The van der Waals surface area contributed by atoms with E-state index in [4.69, 9.17) is 4.74 Å². The minimum absolute atomic E-state index is 0.0895. The molecule has 0 unspecified atom stereocenters. The second kappa shape index (κ2) is 7.93. The summed E-state index contributed by atoms with van der Waals surface area (Å²) in [5.74, 6) is -0.487. The predicted molar refractivity (Wildman–Crippen MR) is 91.0 cm³/mol. The molecule has 2 aromatic carbocycles. The molecule has 0 fully saturated rings. The fourth-order valence-corrected chi connectivity index (χ4v) is 2.67. The number of benzene rings is 2. The zero-order chi connectivity index (χ0) is 16.8. The molecule has 23 heavy (non-hydrogen) atoms. The molecule has 0 aliphatic heterocycles. The monoisotopic (exact) mass is 312 g/mol. The molecule has 0 radical (unpaired) electrons. The smallest absolute Gasteiger partial charge is 0.338 e. The second-order valence-electron chi connectivity index (χ2n) is 6.20. The van der Waals surface area contributed by atoms with E-state index in [1.54, 1.807) is 24.3 Å². The summed E-state index contributed by atoms with van der Waals surface area (Å²) in [7, 11) is 0. The lowest BCUT2D eigenvalue weighted by Crippen LogP contribution is -2.31. The number of carbonyl (C=O) groups is 1. The number of carbonyl (C=O) groups excluding carboxylic acids is 1. The Labute approximate surface area is 137 Å². The van der Waals surface area contributed by atoms with Crippen molar-refractivity contribution in [2.24, 2.45) is 11.8 Å². The van der Waals surface area contributed by atoms with Crippen molar-refractivity contribution in [1.82, 2.24) is 0 Å². The molecule has 0 aromatic heterocycles. The van der Waals surface area contributed by atoms with E-state index in [-0.39, 0.29) is 17.8 Å². The highest BCUT2D eigenvalue weighted by Crippen LogP contribution is 2.31. The lowest BCUT2D eigenvalue weighted by atomic mass is 9.87. The first-order valence-corrected chi connectivity index (χ1v) is 7.99. The molecule has 0 saturated carbocycles. The molecule has 0 heterocycles. The van der Waals surface area contributed by atoms with Crippen molar-refractivity contribution in [2.45, 2.75) is 33.0 Å². The summed E-state index contributed by atoms with van der Waals surface area (Å²) in [6.45, 7) is 5.84. The SMILES string of the molecule is CC(C)[C@@H](O)[C@H](C)[C@H](OC(=O)c1ccccc1)c1ccccc1. The van der Waals surface area contributed by atoms with Crippen LogP contribution in [0.4, 0.5) is 0 Å². The minimum Gasteiger partial charge on any atom is -0.454 e. The Morgan fingerprint density at radius 3 is 1.96 bits per heavy atom. The quantitative estimate of drug-likeness (QED) is 0.812. The van der Waals surface area contributed by atoms with Crippen LogP contribution in [-0.4, -0.2) is 17.2 Å². The molecule has 1 N–H and O–H groups in total. The van der Waals surface area contributed by atoms with Gasteiger partial charge in [0.25, 0.3) is 0 Å². The fraction of sp³-hybridized carbons (Fsp3) is 0.350. The standard InChI is InChI=1S/C20H24O3/c1-14(2)18(21)15(3)19(16-10-6-4-7-11-16)23-20(22)17-12-8-5-9-13-17/h4-15,18-19,21H,1-3H3/t15-,18+,19-/m0/s1. The van der Waals surface area contributed by atoms with Gasteiger partial charge in [-0.05, 0) is 23.6 Å². The van der Waals surface area contributed by atoms with E-state index in [2.05, 4.69) is 0 Å². The van der Waals surface area contributed by atoms with Crippen LogP contribution in [0.2, 0.25) is 0 Å². The predicted octanol–water partition coefficient (Wildman–Crippen LogP) is 4.24. The maximum absolute atomic E-state index is 12.4. The van der Waals surface area contributed by atoms with Crippen LogP contribution in [0.3, 0.4) is 0 Å². The number of hydrogen-bond acceptors (Lipinski definition) is 3. The Balaban J connectivity index is 2.25. The number of esters is 1. The summed E-state index contributed by atoms with van der Waals surface area (Å²) in [6, 6.07) is 18.5. The maximum atomic E-state index is 12.4. The molecule has 2 rings (SSSR count). The van der Waals surface area contributed by atoms with Gasteiger partial charge in [-0.1, -0.05) is 69.3 Å². The number of ether oxygens (including phenoxy) is 1. The average molecular weight is 312 g/mol. The van der Waals surface area contributed by atoms with E-state index in [9.17, 15) is 9.90 Å². The topological polar surface area (TPSA) is 46.5 Å². The van der Waals surface area contributed by atoms with E-state index < -0.39 is 12.2 Å². The van der Waals surface area contributed by atoms with Crippen molar-refractivity contribution in [3.05, 3.63) is 71.8 Å². The highest BCUT2D eigenvalue weighted by molar-refractivity contribution is 5.89. The van der Waals surface area contributed by atoms with Crippen LogP contribution in [0.15, 0.2) is 60.7 Å². The summed E-state index contributed by atoms with van der Waals surface area (Å²) >= 11 is 0. The van der Waals surface area contributed by atoms with Crippen LogP contribution in [-0.2, 0) is 4.74 Å². The Morgan fingerprint density at radius 1 is 0.913 bits per heavy atom. The van der Waals surface area contributed by atoms with Crippen LogP contribution in [0, 0.1) is 11.8 Å². The third kappa shape index (κ3) is 4.42. The minimum atomic E-state index is -0.552. The molecule has 0 aliphatic rings. The van der Waals surface area contributed by atoms with Crippen molar-refractivity contribution < 1.29 is 14.6 Å². The third-order valence-corrected chi connectivity index (χ3v) is 4.07. The van der Waals surface area contributed by atoms with Crippen molar-refractivity contribution >= 4 is 5.97 Å². The van der Waals surface area contributed by atoms with E-state index in [0.717, 1.165) is 5.56 Å². The Morgan fingerprint density at radius 2 is 1.43 bits per heavy atom. The molecule has 0 amide bonds.